The molecule has 0 aliphatic carbocycles. The molecule has 2 aromatic rings. The second-order valence-electron chi connectivity index (χ2n) is 3.71. The van der Waals surface area contributed by atoms with Gasteiger partial charge in [0.15, 0.2) is 17.3 Å². The molecule has 0 aliphatic rings. The first-order chi connectivity index (χ1) is 9.01. The zero-order valence-corrected chi connectivity index (χ0v) is 11.4. The van der Waals surface area contributed by atoms with E-state index < -0.39 is 5.82 Å². The maximum atomic E-state index is 13.7. The molecule has 19 heavy (non-hydrogen) atoms. The molecule has 0 bridgehead atoms. The van der Waals surface area contributed by atoms with Crippen LogP contribution in [0.5, 0.6) is 17.2 Å². The molecule has 0 amide bonds. The van der Waals surface area contributed by atoms with Crippen molar-refractivity contribution >= 4 is 28.9 Å². The largest absolute Gasteiger partial charge is 0.497 e. The minimum Gasteiger partial charge on any atom is -0.497 e. The number of hydrogen-bond donors (Lipinski definition) is 1. The van der Waals surface area contributed by atoms with Crippen LogP contribution >= 0.6 is 23.2 Å². The number of nitrogen functional groups attached to an aromatic ring is 1. The summed E-state index contributed by atoms with van der Waals surface area (Å²) in [7, 11) is 1.45. The van der Waals surface area contributed by atoms with Crippen molar-refractivity contribution in [2.24, 2.45) is 0 Å². The first kappa shape index (κ1) is 13.8. The van der Waals surface area contributed by atoms with Crippen molar-refractivity contribution in [2.75, 3.05) is 12.8 Å². The Bertz CT molecular complexity index is 597. The summed E-state index contributed by atoms with van der Waals surface area (Å²) < 4.78 is 24.0. The number of methoxy groups -OCH3 is 1. The average Bonchev–Trinajstić information content (AvgIpc) is 2.35. The van der Waals surface area contributed by atoms with Gasteiger partial charge in [-0.05, 0) is 24.3 Å². The molecule has 0 heterocycles. The Morgan fingerprint density at radius 1 is 1.11 bits per heavy atom. The lowest BCUT2D eigenvalue weighted by Crippen LogP contribution is -1.93. The van der Waals surface area contributed by atoms with Crippen LogP contribution in [0.1, 0.15) is 0 Å². The van der Waals surface area contributed by atoms with Crippen molar-refractivity contribution in [1.82, 2.24) is 0 Å². The van der Waals surface area contributed by atoms with E-state index in [-0.39, 0.29) is 21.5 Å². The Morgan fingerprint density at radius 2 is 1.74 bits per heavy atom. The van der Waals surface area contributed by atoms with E-state index in [0.717, 1.165) is 0 Å². The number of halogens is 3. The van der Waals surface area contributed by atoms with Crippen LogP contribution in [0, 0.1) is 5.82 Å². The molecular weight excluding hydrogens is 292 g/mol. The van der Waals surface area contributed by atoms with E-state index >= 15 is 0 Å². The van der Waals surface area contributed by atoms with Gasteiger partial charge in [-0.1, -0.05) is 23.2 Å². The molecule has 0 spiro atoms. The van der Waals surface area contributed by atoms with Gasteiger partial charge in [0.1, 0.15) is 5.75 Å². The fourth-order valence-electron chi connectivity index (χ4n) is 1.48. The molecule has 6 heteroatoms. The van der Waals surface area contributed by atoms with E-state index in [1.807, 2.05) is 0 Å². The van der Waals surface area contributed by atoms with E-state index in [1.165, 1.54) is 31.4 Å². The van der Waals surface area contributed by atoms with Crippen molar-refractivity contribution in [1.29, 1.82) is 0 Å². The van der Waals surface area contributed by atoms with Crippen molar-refractivity contribution in [3.63, 3.8) is 0 Å². The molecule has 3 nitrogen and oxygen atoms in total. The third-order valence-electron chi connectivity index (χ3n) is 2.37. The summed E-state index contributed by atoms with van der Waals surface area (Å²) in [6.07, 6.45) is 0. The Morgan fingerprint density at radius 3 is 2.26 bits per heavy atom. The Labute approximate surface area is 119 Å². The van der Waals surface area contributed by atoms with E-state index in [0.29, 0.717) is 11.4 Å². The summed E-state index contributed by atoms with van der Waals surface area (Å²) in [5.41, 5.74) is 5.97. The number of anilines is 1. The van der Waals surface area contributed by atoms with Gasteiger partial charge in [-0.2, -0.15) is 0 Å². The molecule has 0 unspecified atom stereocenters. The van der Waals surface area contributed by atoms with Gasteiger partial charge in [0.25, 0.3) is 0 Å². The lowest BCUT2D eigenvalue weighted by molar-refractivity contribution is 0.402. The van der Waals surface area contributed by atoms with Crippen molar-refractivity contribution < 1.29 is 13.9 Å². The molecule has 0 aromatic heterocycles. The van der Waals surface area contributed by atoms with Gasteiger partial charge in [0, 0.05) is 11.8 Å². The van der Waals surface area contributed by atoms with Gasteiger partial charge in [-0.3, -0.25) is 0 Å². The third kappa shape index (κ3) is 3.03. The molecule has 100 valence electrons. The number of nitrogens with two attached hydrogens (primary N) is 1. The van der Waals surface area contributed by atoms with Gasteiger partial charge >= 0.3 is 0 Å². The summed E-state index contributed by atoms with van der Waals surface area (Å²) in [6, 6.07) is 7.15. The van der Waals surface area contributed by atoms with Crippen LogP contribution in [0.15, 0.2) is 30.3 Å². The molecule has 0 radical (unpaired) electrons. The lowest BCUT2D eigenvalue weighted by Gasteiger charge is -2.11. The summed E-state index contributed by atoms with van der Waals surface area (Å²) in [5, 5.41) is 0.417. The normalized spacial score (nSPS) is 10.3. The second kappa shape index (κ2) is 5.55. The Kier molecular flexibility index (Phi) is 4.02. The zero-order valence-electron chi connectivity index (χ0n) is 9.91. The molecular formula is C13H10Cl2FNO2. The van der Waals surface area contributed by atoms with Crippen LogP contribution < -0.4 is 15.2 Å². The SMILES string of the molecule is COc1ccc(Oc2c(Cl)cc(N)cc2Cl)c(F)c1. The fraction of sp³-hybridized carbons (Fsp3) is 0.0769. The van der Waals surface area contributed by atoms with Gasteiger partial charge in [0.05, 0.1) is 17.2 Å². The average molecular weight is 302 g/mol. The zero-order chi connectivity index (χ0) is 14.0. The standard InChI is InChI=1S/C13H10Cl2FNO2/c1-18-8-2-3-12(11(16)6-8)19-13-9(14)4-7(17)5-10(13)15/h2-6H,17H2,1H3. The summed E-state index contributed by atoms with van der Waals surface area (Å²) in [6.45, 7) is 0. The van der Waals surface area contributed by atoms with E-state index in [1.54, 1.807) is 6.07 Å². The highest BCUT2D eigenvalue weighted by Crippen LogP contribution is 2.39. The van der Waals surface area contributed by atoms with Crippen LogP contribution in [0.2, 0.25) is 10.0 Å². The monoisotopic (exact) mass is 301 g/mol. The number of ether oxygens (including phenoxy) is 2. The Hall–Kier alpha value is -1.65. The van der Waals surface area contributed by atoms with Crippen LogP contribution in [-0.2, 0) is 0 Å². The number of benzene rings is 2. The summed E-state index contributed by atoms with van der Waals surface area (Å²) in [4.78, 5) is 0. The maximum Gasteiger partial charge on any atom is 0.169 e. The first-order valence-corrected chi connectivity index (χ1v) is 6.02. The molecule has 2 aromatic carbocycles. The van der Waals surface area contributed by atoms with Crippen molar-refractivity contribution in [3.05, 3.63) is 46.2 Å². The van der Waals surface area contributed by atoms with Gasteiger partial charge < -0.3 is 15.2 Å². The van der Waals surface area contributed by atoms with Crippen LogP contribution in [0.25, 0.3) is 0 Å². The quantitative estimate of drug-likeness (QED) is 0.848. The predicted molar refractivity (Wildman–Crippen MR) is 73.9 cm³/mol. The van der Waals surface area contributed by atoms with Gasteiger partial charge in [-0.15, -0.1) is 0 Å². The molecule has 0 saturated carbocycles. The molecule has 2 rings (SSSR count). The highest BCUT2D eigenvalue weighted by Gasteiger charge is 2.13. The second-order valence-corrected chi connectivity index (χ2v) is 4.53. The molecule has 0 atom stereocenters. The van der Waals surface area contributed by atoms with E-state index in [9.17, 15) is 4.39 Å². The third-order valence-corrected chi connectivity index (χ3v) is 2.93. The van der Waals surface area contributed by atoms with Crippen LogP contribution in [0.3, 0.4) is 0 Å². The number of hydrogen-bond acceptors (Lipinski definition) is 3. The van der Waals surface area contributed by atoms with Crippen LogP contribution in [0.4, 0.5) is 10.1 Å². The smallest absolute Gasteiger partial charge is 0.169 e. The maximum absolute atomic E-state index is 13.7. The summed E-state index contributed by atoms with van der Waals surface area (Å²) in [5.74, 6) is -0.0429. The lowest BCUT2D eigenvalue weighted by atomic mass is 10.3. The molecule has 0 fully saturated rings. The molecule has 2 N–H and O–H groups in total. The van der Waals surface area contributed by atoms with Gasteiger partial charge in [-0.25, -0.2) is 4.39 Å². The van der Waals surface area contributed by atoms with Crippen LogP contribution in [-0.4, -0.2) is 7.11 Å². The summed E-state index contributed by atoms with van der Waals surface area (Å²) >= 11 is 11.9. The van der Waals surface area contributed by atoms with Crippen molar-refractivity contribution in [2.45, 2.75) is 0 Å². The van der Waals surface area contributed by atoms with E-state index in [4.69, 9.17) is 38.4 Å². The highest BCUT2D eigenvalue weighted by atomic mass is 35.5. The minimum absolute atomic E-state index is 0.00521. The first-order valence-electron chi connectivity index (χ1n) is 5.27. The fourth-order valence-corrected chi connectivity index (χ4v) is 2.06. The topological polar surface area (TPSA) is 44.5 Å². The van der Waals surface area contributed by atoms with E-state index in [2.05, 4.69) is 0 Å². The van der Waals surface area contributed by atoms with Crippen molar-refractivity contribution in [3.8, 4) is 17.2 Å². The molecule has 0 aliphatic heterocycles. The predicted octanol–water partition coefficient (Wildman–Crippen LogP) is 4.52. The number of rotatable bonds is 3. The van der Waals surface area contributed by atoms with Gasteiger partial charge in [0.2, 0.25) is 0 Å². The molecule has 0 saturated heterocycles. The minimum atomic E-state index is -0.580. The Balaban J connectivity index is 2.36. The highest BCUT2D eigenvalue weighted by molar-refractivity contribution is 6.37.